The van der Waals surface area contributed by atoms with E-state index in [1.165, 1.54) is 32.1 Å². The molecular formula is C13H22. The molecule has 0 amide bonds. The smallest absolute Gasteiger partial charge is 0.0231 e. The van der Waals surface area contributed by atoms with Gasteiger partial charge in [-0.25, -0.2) is 0 Å². The highest BCUT2D eigenvalue weighted by Crippen LogP contribution is 2.43. The van der Waals surface area contributed by atoms with E-state index in [9.17, 15) is 0 Å². The lowest BCUT2D eigenvalue weighted by Crippen LogP contribution is -2.31. The fourth-order valence-corrected chi connectivity index (χ4v) is 2.55. The molecular weight excluding hydrogens is 156 g/mol. The van der Waals surface area contributed by atoms with Gasteiger partial charge in [-0.05, 0) is 38.0 Å². The largest absolute Gasteiger partial charge is 0.106 e. The van der Waals surface area contributed by atoms with Crippen molar-refractivity contribution in [3.8, 4) is 11.8 Å². The van der Waals surface area contributed by atoms with Crippen LogP contribution in [0.3, 0.4) is 0 Å². The highest BCUT2D eigenvalue weighted by atomic mass is 14.4. The van der Waals surface area contributed by atoms with E-state index in [-0.39, 0.29) is 0 Å². The Labute approximate surface area is 83.1 Å². The zero-order valence-electron chi connectivity index (χ0n) is 9.27. The molecule has 0 aliphatic heterocycles. The van der Waals surface area contributed by atoms with Gasteiger partial charge in [-0.3, -0.25) is 0 Å². The van der Waals surface area contributed by atoms with Crippen molar-refractivity contribution in [2.75, 3.05) is 0 Å². The van der Waals surface area contributed by atoms with Crippen LogP contribution in [-0.4, -0.2) is 0 Å². The van der Waals surface area contributed by atoms with Crippen molar-refractivity contribution in [2.24, 2.45) is 17.8 Å². The van der Waals surface area contributed by atoms with Crippen LogP contribution in [0.25, 0.3) is 0 Å². The van der Waals surface area contributed by atoms with E-state index in [0.29, 0.717) is 5.92 Å². The summed E-state index contributed by atoms with van der Waals surface area (Å²) in [5.41, 5.74) is 0. The summed E-state index contributed by atoms with van der Waals surface area (Å²) >= 11 is 0. The van der Waals surface area contributed by atoms with Crippen LogP contribution in [0.15, 0.2) is 0 Å². The third kappa shape index (κ3) is 2.50. The SMILES string of the molecule is CC#CC(CC)C1CCC1CCC. The molecule has 1 saturated carbocycles. The van der Waals surface area contributed by atoms with E-state index in [4.69, 9.17) is 0 Å². The Balaban J connectivity index is 2.43. The lowest BCUT2D eigenvalue weighted by atomic mass is 9.65. The van der Waals surface area contributed by atoms with Gasteiger partial charge in [-0.2, -0.15) is 0 Å². The summed E-state index contributed by atoms with van der Waals surface area (Å²) in [6.07, 6.45) is 6.90. The fourth-order valence-electron chi connectivity index (χ4n) is 2.55. The van der Waals surface area contributed by atoms with Crippen molar-refractivity contribution in [1.29, 1.82) is 0 Å². The van der Waals surface area contributed by atoms with Gasteiger partial charge in [0.1, 0.15) is 0 Å². The number of hydrogen-bond acceptors (Lipinski definition) is 0. The molecule has 0 N–H and O–H groups in total. The highest BCUT2D eigenvalue weighted by Gasteiger charge is 2.34. The second-order valence-electron chi connectivity index (χ2n) is 4.20. The zero-order chi connectivity index (χ0) is 9.68. The Morgan fingerprint density at radius 3 is 2.46 bits per heavy atom. The van der Waals surface area contributed by atoms with Crippen molar-refractivity contribution in [3.05, 3.63) is 0 Å². The Hall–Kier alpha value is -0.440. The van der Waals surface area contributed by atoms with Gasteiger partial charge < -0.3 is 0 Å². The minimum absolute atomic E-state index is 0.690. The van der Waals surface area contributed by atoms with Gasteiger partial charge in [0.05, 0.1) is 0 Å². The maximum absolute atomic E-state index is 3.37. The summed E-state index contributed by atoms with van der Waals surface area (Å²) < 4.78 is 0. The van der Waals surface area contributed by atoms with Gasteiger partial charge in [0, 0.05) is 5.92 Å². The minimum Gasteiger partial charge on any atom is -0.106 e. The molecule has 74 valence electrons. The first-order valence-corrected chi connectivity index (χ1v) is 5.75. The van der Waals surface area contributed by atoms with Gasteiger partial charge in [-0.1, -0.05) is 32.6 Å². The lowest BCUT2D eigenvalue weighted by Gasteiger charge is -2.40. The Kier molecular flexibility index (Phi) is 4.36. The molecule has 0 radical (unpaired) electrons. The topological polar surface area (TPSA) is 0 Å². The molecule has 1 rings (SSSR count). The van der Waals surface area contributed by atoms with Gasteiger partial charge >= 0.3 is 0 Å². The lowest BCUT2D eigenvalue weighted by molar-refractivity contribution is 0.119. The minimum atomic E-state index is 0.690. The first kappa shape index (κ1) is 10.6. The van der Waals surface area contributed by atoms with Crippen LogP contribution < -0.4 is 0 Å². The van der Waals surface area contributed by atoms with E-state index < -0.39 is 0 Å². The van der Waals surface area contributed by atoms with Crippen LogP contribution in [0.1, 0.15) is 52.9 Å². The molecule has 1 aliphatic carbocycles. The molecule has 0 aromatic heterocycles. The molecule has 1 fully saturated rings. The number of rotatable bonds is 4. The predicted octanol–water partition coefficient (Wildman–Crippen LogP) is 3.86. The predicted molar refractivity (Wildman–Crippen MR) is 58.4 cm³/mol. The van der Waals surface area contributed by atoms with Gasteiger partial charge in [-0.15, -0.1) is 5.92 Å². The second-order valence-corrected chi connectivity index (χ2v) is 4.20. The van der Waals surface area contributed by atoms with E-state index in [0.717, 1.165) is 11.8 Å². The molecule has 0 bridgehead atoms. The third-order valence-electron chi connectivity index (χ3n) is 3.42. The van der Waals surface area contributed by atoms with Gasteiger partial charge in [0.15, 0.2) is 0 Å². The normalized spacial score (nSPS) is 28.5. The summed E-state index contributed by atoms with van der Waals surface area (Å²) in [6, 6.07) is 0. The van der Waals surface area contributed by atoms with Crippen LogP contribution >= 0.6 is 0 Å². The summed E-state index contributed by atoms with van der Waals surface area (Å²) in [5.74, 6) is 9.07. The molecule has 0 heterocycles. The standard InChI is InChI=1S/C13H22/c1-4-7-11(6-3)13-10-9-12(13)8-5-2/h11-13H,5-6,8-10H2,1-3H3. The first-order valence-electron chi connectivity index (χ1n) is 5.75. The van der Waals surface area contributed by atoms with Crippen molar-refractivity contribution in [2.45, 2.75) is 52.9 Å². The monoisotopic (exact) mass is 178 g/mol. The average Bonchev–Trinajstić information content (AvgIpc) is 2.11. The summed E-state index contributed by atoms with van der Waals surface area (Å²) in [7, 11) is 0. The molecule has 0 spiro atoms. The fraction of sp³-hybridized carbons (Fsp3) is 0.846. The molecule has 0 aromatic rings. The van der Waals surface area contributed by atoms with E-state index in [2.05, 4.69) is 25.7 Å². The van der Waals surface area contributed by atoms with Crippen LogP contribution in [0.5, 0.6) is 0 Å². The maximum Gasteiger partial charge on any atom is 0.0231 e. The third-order valence-corrected chi connectivity index (χ3v) is 3.42. The van der Waals surface area contributed by atoms with E-state index in [1.54, 1.807) is 0 Å². The average molecular weight is 178 g/mol. The highest BCUT2D eigenvalue weighted by molar-refractivity contribution is 5.05. The molecule has 0 heteroatoms. The summed E-state index contributed by atoms with van der Waals surface area (Å²) in [4.78, 5) is 0. The molecule has 0 aromatic carbocycles. The van der Waals surface area contributed by atoms with Crippen LogP contribution in [-0.2, 0) is 0 Å². The summed E-state index contributed by atoms with van der Waals surface area (Å²) in [6.45, 7) is 6.54. The number of hydrogen-bond donors (Lipinski definition) is 0. The molecule has 13 heavy (non-hydrogen) atoms. The summed E-state index contributed by atoms with van der Waals surface area (Å²) in [5, 5.41) is 0. The van der Waals surface area contributed by atoms with Crippen molar-refractivity contribution < 1.29 is 0 Å². The zero-order valence-corrected chi connectivity index (χ0v) is 9.27. The van der Waals surface area contributed by atoms with Crippen molar-refractivity contribution >= 4 is 0 Å². The van der Waals surface area contributed by atoms with E-state index >= 15 is 0 Å². The molecule has 3 atom stereocenters. The molecule has 1 aliphatic rings. The Bertz CT molecular complexity index is 194. The molecule has 0 saturated heterocycles. The first-order chi connectivity index (χ1) is 6.33. The Morgan fingerprint density at radius 2 is 2.08 bits per heavy atom. The molecule has 0 nitrogen and oxygen atoms in total. The Morgan fingerprint density at radius 1 is 1.31 bits per heavy atom. The van der Waals surface area contributed by atoms with Gasteiger partial charge in [0.25, 0.3) is 0 Å². The van der Waals surface area contributed by atoms with E-state index in [1.807, 2.05) is 6.92 Å². The van der Waals surface area contributed by atoms with Gasteiger partial charge in [0.2, 0.25) is 0 Å². The second kappa shape index (κ2) is 5.32. The molecule has 3 unspecified atom stereocenters. The van der Waals surface area contributed by atoms with Crippen molar-refractivity contribution in [1.82, 2.24) is 0 Å². The quantitative estimate of drug-likeness (QED) is 0.573. The van der Waals surface area contributed by atoms with Crippen LogP contribution in [0, 0.1) is 29.6 Å². The van der Waals surface area contributed by atoms with Crippen LogP contribution in [0.4, 0.5) is 0 Å². The van der Waals surface area contributed by atoms with Crippen molar-refractivity contribution in [3.63, 3.8) is 0 Å². The maximum atomic E-state index is 3.37. The van der Waals surface area contributed by atoms with Crippen LogP contribution in [0.2, 0.25) is 0 Å².